The summed E-state index contributed by atoms with van der Waals surface area (Å²) >= 11 is 6.42. The van der Waals surface area contributed by atoms with Crippen molar-refractivity contribution in [2.24, 2.45) is 7.05 Å². The molecule has 3 rings (SSSR count). The summed E-state index contributed by atoms with van der Waals surface area (Å²) in [5, 5.41) is 9.21. The first kappa shape index (κ1) is 18.4. The van der Waals surface area contributed by atoms with Crippen LogP contribution in [0.25, 0.3) is 11.4 Å². The van der Waals surface area contributed by atoms with Crippen LogP contribution in [-0.4, -0.2) is 31.4 Å². The molecule has 2 heterocycles. The van der Waals surface area contributed by atoms with Gasteiger partial charge in [-0.05, 0) is 6.42 Å². The van der Waals surface area contributed by atoms with E-state index in [0.29, 0.717) is 36.5 Å². The number of rotatable bonds is 8. The molecular formula is C19H22ClN5O. The van der Waals surface area contributed by atoms with Crippen LogP contribution in [0.15, 0.2) is 47.5 Å². The molecule has 0 fully saturated rings. The second-order valence-electron chi connectivity index (χ2n) is 6.03. The molecule has 0 atom stereocenters. The van der Waals surface area contributed by atoms with E-state index in [4.69, 9.17) is 16.1 Å². The molecule has 0 saturated heterocycles. The van der Waals surface area contributed by atoms with Gasteiger partial charge in [0, 0.05) is 31.3 Å². The fourth-order valence-electron chi connectivity index (χ4n) is 2.85. The zero-order valence-electron chi connectivity index (χ0n) is 15.0. The number of aryl methyl sites for hydroxylation is 2. The Kier molecular flexibility index (Phi) is 5.85. The molecule has 2 aromatic heterocycles. The summed E-state index contributed by atoms with van der Waals surface area (Å²) in [6.07, 6.45) is 2.68. The van der Waals surface area contributed by atoms with E-state index in [1.165, 1.54) is 0 Å². The summed E-state index contributed by atoms with van der Waals surface area (Å²) in [4.78, 5) is 6.66. The van der Waals surface area contributed by atoms with Crippen LogP contribution in [0.3, 0.4) is 0 Å². The van der Waals surface area contributed by atoms with Gasteiger partial charge in [-0.1, -0.05) is 60.1 Å². The standard InChI is InChI=1S/C19H22ClN5O/c1-4-11-25(12-15-16(5-2)22-24(3)18(15)20)13-17-21-19(23-26-17)14-9-7-6-8-10-14/h4,6-10H,1,5,11-13H2,2-3H3. The van der Waals surface area contributed by atoms with E-state index in [0.717, 1.165) is 23.2 Å². The Labute approximate surface area is 158 Å². The number of benzene rings is 1. The zero-order chi connectivity index (χ0) is 18.5. The van der Waals surface area contributed by atoms with E-state index in [1.807, 2.05) is 43.5 Å². The van der Waals surface area contributed by atoms with Gasteiger partial charge in [-0.25, -0.2) is 0 Å². The van der Waals surface area contributed by atoms with E-state index in [-0.39, 0.29) is 0 Å². The van der Waals surface area contributed by atoms with Crippen molar-refractivity contribution < 1.29 is 4.52 Å². The van der Waals surface area contributed by atoms with Crippen LogP contribution < -0.4 is 0 Å². The van der Waals surface area contributed by atoms with E-state index >= 15 is 0 Å². The van der Waals surface area contributed by atoms with Crippen molar-refractivity contribution in [3.8, 4) is 11.4 Å². The van der Waals surface area contributed by atoms with Gasteiger partial charge in [0.1, 0.15) is 5.15 Å². The van der Waals surface area contributed by atoms with Crippen LogP contribution in [0, 0.1) is 0 Å². The third kappa shape index (κ3) is 4.03. The van der Waals surface area contributed by atoms with Gasteiger partial charge in [0.2, 0.25) is 11.7 Å². The highest BCUT2D eigenvalue weighted by atomic mass is 35.5. The van der Waals surface area contributed by atoms with E-state index < -0.39 is 0 Å². The van der Waals surface area contributed by atoms with Crippen molar-refractivity contribution in [2.75, 3.05) is 6.54 Å². The Morgan fingerprint density at radius 2 is 2.04 bits per heavy atom. The molecule has 0 aliphatic rings. The first-order valence-electron chi connectivity index (χ1n) is 8.53. The van der Waals surface area contributed by atoms with E-state index in [9.17, 15) is 0 Å². The fraction of sp³-hybridized carbons (Fsp3) is 0.316. The monoisotopic (exact) mass is 371 g/mol. The molecular weight excluding hydrogens is 350 g/mol. The van der Waals surface area contributed by atoms with Crippen molar-refractivity contribution >= 4 is 11.6 Å². The van der Waals surface area contributed by atoms with Gasteiger partial charge in [-0.2, -0.15) is 10.1 Å². The highest BCUT2D eigenvalue weighted by molar-refractivity contribution is 6.30. The van der Waals surface area contributed by atoms with Crippen LogP contribution in [0.1, 0.15) is 24.1 Å². The SMILES string of the molecule is C=CCN(Cc1nc(-c2ccccc2)no1)Cc1c(CC)nn(C)c1Cl. The summed E-state index contributed by atoms with van der Waals surface area (Å²) in [5.41, 5.74) is 2.96. The van der Waals surface area contributed by atoms with Crippen LogP contribution in [0.2, 0.25) is 5.15 Å². The molecule has 0 amide bonds. The van der Waals surface area contributed by atoms with Gasteiger partial charge in [-0.15, -0.1) is 6.58 Å². The topological polar surface area (TPSA) is 60.0 Å². The maximum absolute atomic E-state index is 6.42. The minimum atomic E-state index is 0.514. The number of halogens is 1. The summed E-state index contributed by atoms with van der Waals surface area (Å²) in [7, 11) is 1.85. The van der Waals surface area contributed by atoms with Crippen molar-refractivity contribution in [3.63, 3.8) is 0 Å². The van der Waals surface area contributed by atoms with Crippen LogP contribution in [-0.2, 0) is 26.6 Å². The smallest absolute Gasteiger partial charge is 0.241 e. The molecule has 0 radical (unpaired) electrons. The highest BCUT2D eigenvalue weighted by Gasteiger charge is 2.18. The molecule has 0 aliphatic carbocycles. The first-order chi connectivity index (χ1) is 12.6. The maximum atomic E-state index is 6.42. The molecule has 1 aromatic carbocycles. The average Bonchev–Trinajstić information content (AvgIpc) is 3.22. The van der Waals surface area contributed by atoms with Gasteiger partial charge < -0.3 is 4.52 Å². The summed E-state index contributed by atoms with van der Waals surface area (Å²) in [6.45, 7) is 7.75. The lowest BCUT2D eigenvalue weighted by Crippen LogP contribution is -2.23. The van der Waals surface area contributed by atoms with Crippen molar-refractivity contribution in [1.29, 1.82) is 0 Å². The first-order valence-corrected chi connectivity index (χ1v) is 8.91. The molecule has 26 heavy (non-hydrogen) atoms. The summed E-state index contributed by atoms with van der Waals surface area (Å²) < 4.78 is 7.15. The van der Waals surface area contributed by atoms with Crippen molar-refractivity contribution in [2.45, 2.75) is 26.4 Å². The average molecular weight is 372 g/mol. The van der Waals surface area contributed by atoms with Crippen LogP contribution in [0.4, 0.5) is 0 Å². The number of hydrogen-bond donors (Lipinski definition) is 0. The Hall–Kier alpha value is -2.44. The number of aromatic nitrogens is 4. The maximum Gasteiger partial charge on any atom is 0.241 e. The highest BCUT2D eigenvalue weighted by Crippen LogP contribution is 2.23. The van der Waals surface area contributed by atoms with Gasteiger partial charge in [-0.3, -0.25) is 9.58 Å². The Morgan fingerprint density at radius 3 is 2.73 bits per heavy atom. The third-order valence-electron chi connectivity index (χ3n) is 4.12. The van der Waals surface area contributed by atoms with Gasteiger partial charge in [0.05, 0.1) is 12.2 Å². The zero-order valence-corrected chi connectivity index (χ0v) is 15.8. The van der Waals surface area contributed by atoms with Gasteiger partial charge in [0.15, 0.2) is 0 Å². The lowest BCUT2D eigenvalue weighted by molar-refractivity contribution is 0.238. The van der Waals surface area contributed by atoms with Gasteiger partial charge >= 0.3 is 0 Å². The largest absolute Gasteiger partial charge is 0.338 e. The minimum absolute atomic E-state index is 0.514. The summed E-state index contributed by atoms with van der Waals surface area (Å²) in [6, 6.07) is 9.77. The molecule has 0 aliphatic heterocycles. The summed E-state index contributed by atoms with van der Waals surface area (Å²) in [5.74, 6) is 1.15. The second kappa shape index (κ2) is 8.29. The Bertz CT molecular complexity index is 871. The van der Waals surface area contributed by atoms with E-state index in [1.54, 1.807) is 4.68 Å². The lowest BCUT2D eigenvalue weighted by Gasteiger charge is -2.18. The predicted octanol–water partition coefficient (Wildman–Crippen LogP) is 3.87. The molecule has 0 saturated carbocycles. The number of hydrogen-bond acceptors (Lipinski definition) is 5. The quantitative estimate of drug-likeness (QED) is 0.562. The van der Waals surface area contributed by atoms with Crippen LogP contribution in [0.5, 0.6) is 0 Å². The number of nitrogens with zero attached hydrogens (tertiary/aromatic N) is 5. The molecule has 0 unspecified atom stereocenters. The molecule has 0 N–H and O–H groups in total. The van der Waals surface area contributed by atoms with Crippen molar-refractivity contribution in [3.05, 3.63) is 65.3 Å². The molecule has 7 heteroatoms. The van der Waals surface area contributed by atoms with Gasteiger partial charge in [0.25, 0.3) is 0 Å². The minimum Gasteiger partial charge on any atom is -0.338 e. The normalized spacial score (nSPS) is 11.2. The Morgan fingerprint density at radius 1 is 1.27 bits per heavy atom. The molecule has 0 spiro atoms. The second-order valence-corrected chi connectivity index (χ2v) is 6.39. The molecule has 136 valence electrons. The molecule has 3 aromatic rings. The molecule has 0 bridgehead atoms. The molecule has 6 nitrogen and oxygen atoms in total. The predicted molar refractivity (Wildman–Crippen MR) is 102 cm³/mol. The fourth-order valence-corrected chi connectivity index (χ4v) is 3.05. The Balaban J connectivity index is 1.77. The van der Waals surface area contributed by atoms with Crippen molar-refractivity contribution in [1.82, 2.24) is 24.8 Å². The third-order valence-corrected chi connectivity index (χ3v) is 4.59. The lowest BCUT2D eigenvalue weighted by atomic mass is 10.2. The van der Waals surface area contributed by atoms with E-state index in [2.05, 4.69) is 33.6 Å². The van der Waals surface area contributed by atoms with Crippen LogP contribution >= 0.6 is 11.6 Å².